The highest BCUT2D eigenvalue weighted by Gasteiger charge is 2.50. The molecular formula is C24H23FN2O2. The smallest absolute Gasteiger partial charge is 0.123 e. The van der Waals surface area contributed by atoms with E-state index in [9.17, 15) is 14.3 Å². The summed E-state index contributed by atoms with van der Waals surface area (Å²) >= 11 is 0. The highest BCUT2D eigenvalue weighted by atomic mass is 19.1. The van der Waals surface area contributed by atoms with Gasteiger partial charge in [0.2, 0.25) is 0 Å². The third kappa shape index (κ3) is 3.02. The Morgan fingerprint density at radius 1 is 1.21 bits per heavy atom. The lowest BCUT2D eigenvalue weighted by molar-refractivity contribution is -0.120. The molecular weight excluding hydrogens is 367 g/mol. The summed E-state index contributed by atoms with van der Waals surface area (Å²) in [4.78, 5) is 11.5. The van der Waals surface area contributed by atoms with Gasteiger partial charge in [0.15, 0.2) is 0 Å². The topological polar surface area (TPSA) is 55.1 Å². The summed E-state index contributed by atoms with van der Waals surface area (Å²) in [7, 11) is 0. The Kier molecular flexibility index (Phi) is 4.71. The van der Waals surface area contributed by atoms with Crippen molar-refractivity contribution in [2.75, 3.05) is 0 Å². The molecule has 0 amide bonds. The Bertz CT molecular complexity index is 1070. The van der Waals surface area contributed by atoms with E-state index in [4.69, 9.17) is 0 Å². The van der Waals surface area contributed by atoms with E-state index in [-0.39, 0.29) is 12.2 Å². The second-order valence-electron chi connectivity index (χ2n) is 7.88. The molecule has 1 aromatic heterocycles. The van der Waals surface area contributed by atoms with Gasteiger partial charge in [0, 0.05) is 11.8 Å². The molecule has 0 bridgehead atoms. The van der Waals surface area contributed by atoms with Crippen molar-refractivity contribution in [3.63, 3.8) is 0 Å². The van der Waals surface area contributed by atoms with Gasteiger partial charge in [-0.1, -0.05) is 42.8 Å². The summed E-state index contributed by atoms with van der Waals surface area (Å²) in [5.74, 6) is -0.296. The normalized spacial score (nSPS) is 20.5. The van der Waals surface area contributed by atoms with Gasteiger partial charge in [0.25, 0.3) is 0 Å². The quantitative estimate of drug-likeness (QED) is 0.655. The van der Waals surface area contributed by atoms with Crippen LogP contribution >= 0.6 is 0 Å². The van der Waals surface area contributed by atoms with Crippen LogP contribution in [0.15, 0.2) is 66.4 Å². The maximum absolute atomic E-state index is 13.3. The number of rotatable bonds is 5. The van der Waals surface area contributed by atoms with Crippen molar-refractivity contribution in [2.24, 2.45) is 5.41 Å². The van der Waals surface area contributed by atoms with Gasteiger partial charge in [0.05, 0.1) is 17.6 Å². The molecule has 4 rings (SSSR count). The first-order chi connectivity index (χ1) is 13.9. The number of nitrogens with zero attached hydrogens (tertiary/aromatic N) is 2. The van der Waals surface area contributed by atoms with Crippen LogP contribution in [0.25, 0.3) is 11.8 Å². The fraction of sp³-hybridized carbons (Fsp3) is 0.250. The number of fused-ring (bicyclic) bond motifs is 1. The van der Waals surface area contributed by atoms with Gasteiger partial charge in [-0.05, 0) is 54.8 Å². The van der Waals surface area contributed by atoms with Crippen LogP contribution in [0.3, 0.4) is 0 Å². The first-order valence-electron chi connectivity index (χ1n) is 9.62. The summed E-state index contributed by atoms with van der Waals surface area (Å²) in [5, 5.41) is 16.3. The number of carbonyl (C=O) groups excluding carboxylic acids is 1. The molecule has 29 heavy (non-hydrogen) atoms. The molecule has 0 saturated carbocycles. The lowest BCUT2D eigenvalue weighted by Crippen LogP contribution is -2.47. The molecule has 2 aromatic carbocycles. The minimum atomic E-state index is -1.34. The Balaban J connectivity index is 1.81. The number of hydrogen-bond donors (Lipinski definition) is 1. The lowest BCUT2D eigenvalue weighted by Gasteiger charge is -2.47. The second kappa shape index (κ2) is 7.08. The largest absolute Gasteiger partial charge is 0.384 e. The van der Waals surface area contributed by atoms with Crippen molar-refractivity contribution >= 4 is 12.4 Å². The van der Waals surface area contributed by atoms with Crippen LogP contribution in [0.1, 0.15) is 37.1 Å². The number of aromatic nitrogens is 2. The molecule has 0 fully saturated rings. The summed E-state index contributed by atoms with van der Waals surface area (Å²) in [6, 6.07) is 15.5. The van der Waals surface area contributed by atoms with E-state index in [2.05, 4.69) is 5.10 Å². The van der Waals surface area contributed by atoms with Crippen LogP contribution in [0.2, 0.25) is 0 Å². The Labute approximate surface area is 169 Å². The van der Waals surface area contributed by atoms with E-state index < -0.39 is 11.0 Å². The lowest BCUT2D eigenvalue weighted by atomic mass is 9.60. The van der Waals surface area contributed by atoms with Gasteiger partial charge >= 0.3 is 0 Å². The summed E-state index contributed by atoms with van der Waals surface area (Å²) < 4.78 is 15.1. The molecule has 5 heteroatoms. The predicted molar refractivity (Wildman–Crippen MR) is 110 cm³/mol. The summed E-state index contributed by atoms with van der Waals surface area (Å²) in [5.41, 5.74) is 2.31. The van der Waals surface area contributed by atoms with Crippen LogP contribution in [0.5, 0.6) is 0 Å². The van der Waals surface area contributed by atoms with Gasteiger partial charge in [-0.15, -0.1) is 0 Å². The molecule has 2 atom stereocenters. The maximum atomic E-state index is 13.3. The van der Waals surface area contributed by atoms with Crippen molar-refractivity contribution < 1.29 is 14.3 Å². The van der Waals surface area contributed by atoms with Crippen molar-refractivity contribution in [3.05, 3.63) is 89.0 Å². The highest BCUT2D eigenvalue weighted by Crippen LogP contribution is 2.52. The number of carbonyl (C=O) groups is 1. The Morgan fingerprint density at radius 2 is 1.90 bits per heavy atom. The molecule has 0 radical (unpaired) electrons. The molecule has 2 unspecified atom stereocenters. The van der Waals surface area contributed by atoms with Crippen LogP contribution in [0.4, 0.5) is 4.39 Å². The van der Waals surface area contributed by atoms with Gasteiger partial charge in [-0.2, -0.15) is 5.10 Å². The third-order valence-electron chi connectivity index (χ3n) is 6.27. The monoisotopic (exact) mass is 390 g/mol. The van der Waals surface area contributed by atoms with Gasteiger partial charge < -0.3 is 9.90 Å². The van der Waals surface area contributed by atoms with Gasteiger partial charge in [0.1, 0.15) is 17.7 Å². The number of aliphatic hydroxyl groups is 1. The zero-order valence-electron chi connectivity index (χ0n) is 16.5. The second-order valence-corrected chi connectivity index (χ2v) is 7.88. The Hall–Kier alpha value is -3.05. The molecule has 3 aromatic rings. The number of benzene rings is 2. The maximum Gasteiger partial charge on any atom is 0.123 e. The fourth-order valence-electron chi connectivity index (χ4n) is 4.32. The first-order valence-corrected chi connectivity index (χ1v) is 9.62. The van der Waals surface area contributed by atoms with Crippen LogP contribution in [-0.4, -0.2) is 21.2 Å². The number of aldehydes is 1. The number of halogens is 1. The molecule has 1 N–H and O–H groups in total. The molecule has 1 aliphatic carbocycles. The van der Waals surface area contributed by atoms with Crippen LogP contribution in [0, 0.1) is 11.2 Å². The minimum absolute atomic E-state index is 0.000125. The highest BCUT2D eigenvalue weighted by molar-refractivity contribution is 5.63. The van der Waals surface area contributed by atoms with Gasteiger partial charge in [-0.3, -0.25) is 0 Å². The molecule has 1 heterocycles. The van der Waals surface area contributed by atoms with E-state index in [1.165, 1.54) is 12.1 Å². The van der Waals surface area contributed by atoms with Crippen molar-refractivity contribution in [1.29, 1.82) is 0 Å². The van der Waals surface area contributed by atoms with E-state index in [1.54, 1.807) is 23.0 Å². The standard InChI is InChI=1S/C24H23FN2O2/c1-17-14-22-18(16-26-27(22)21-10-8-20(25)9-11-21)15-23(17,2)24(29,12-13-28)19-6-4-3-5-7-19/h3-11,13-14,16,29H,12,15H2,1-2H3. The zero-order valence-corrected chi connectivity index (χ0v) is 16.5. The SMILES string of the molecule is CC1=Cc2c(cnn2-c2ccc(F)cc2)CC1(C)C(O)(CC=O)c1ccccc1. The fourth-order valence-corrected chi connectivity index (χ4v) is 4.32. The van der Waals surface area contributed by atoms with E-state index in [1.807, 2.05) is 50.3 Å². The van der Waals surface area contributed by atoms with Crippen molar-refractivity contribution in [1.82, 2.24) is 9.78 Å². The molecule has 0 saturated heterocycles. The zero-order chi connectivity index (χ0) is 20.6. The molecule has 4 nitrogen and oxygen atoms in total. The predicted octanol–water partition coefficient (Wildman–Crippen LogP) is 4.45. The first kappa shape index (κ1) is 19.3. The molecule has 148 valence electrons. The van der Waals surface area contributed by atoms with Gasteiger partial charge in [-0.25, -0.2) is 9.07 Å². The Morgan fingerprint density at radius 3 is 2.55 bits per heavy atom. The van der Waals surface area contributed by atoms with E-state index >= 15 is 0 Å². The average molecular weight is 390 g/mol. The third-order valence-corrected chi connectivity index (χ3v) is 6.27. The van der Waals surface area contributed by atoms with Crippen molar-refractivity contribution in [3.8, 4) is 5.69 Å². The molecule has 0 spiro atoms. The summed E-state index contributed by atoms with van der Waals surface area (Å²) in [6.45, 7) is 3.97. The molecule has 0 aliphatic heterocycles. The minimum Gasteiger partial charge on any atom is -0.384 e. The van der Waals surface area contributed by atoms with Crippen LogP contribution < -0.4 is 0 Å². The van der Waals surface area contributed by atoms with E-state index in [0.29, 0.717) is 6.42 Å². The summed E-state index contributed by atoms with van der Waals surface area (Å²) in [6.07, 6.45) is 5.11. The van der Waals surface area contributed by atoms with E-state index in [0.717, 1.165) is 34.4 Å². The van der Waals surface area contributed by atoms with Crippen molar-refractivity contribution in [2.45, 2.75) is 32.3 Å². The number of hydrogen-bond acceptors (Lipinski definition) is 3. The van der Waals surface area contributed by atoms with Crippen LogP contribution in [-0.2, 0) is 16.8 Å². The average Bonchev–Trinajstić information content (AvgIpc) is 3.12. The molecule has 1 aliphatic rings.